The van der Waals surface area contributed by atoms with E-state index in [2.05, 4.69) is 10.4 Å². The Kier molecular flexibility index (Phi) is 5.42. The van der Waals surface area contributed by atoms with Gasteiger partial charge in [0.15, 0.2) is 15.5 Å². The molecule has 1 atom stereocenters. The van der Waals surface area contributed by atoms with E-state index < -0.39 is 9.84 Å². The lowest BCUT2D eigenvalue weighted by molar-refractivity contribution is 0.102. The summed E-state index contributed by atoms with van der Waals surface area (Å²) in [7, 11) is -3.09. The predicted octanol–water partition coefficient (Wildman–Crippen LogP) is 4.43. The first kappa shape index (κ1) is 20.6. The van der Waals surface area contributed by atoms with Crippen LogP contribution in [0.1, 0.15) is 34.1 Å². The minimum Gasteiger partial charge on any atom is -0.321 e. The highest BCUT2D eigenvalue weighted by molar-refractivity contribution is 7.91. The lowest BCUT2D eigenvalue weighted by Gasteiger charge is -2.14. The Hall–Kier alpha value is -2.64. The highest BCUT2D eigenvalue weighted by Gasteiger charge is 2.32. The fourth-order valence-corrected chi connectivity index (χ4v) is 5.41. The zero-order valence-electron chi connectivity index (χ0n) is 16.7. The van der Waals surface area contributed by atoms with Crippen LogP contribution in [0.25, 0.3) is 11.3 Å². The molecule has 2 aromatic carbocycles. The molecular formula is C22H22ClN3O3S. The molecule has 1 aliphatic rings. The SMILES string of the molecule is Cc1ccc(-c2cc(C(=O)Nc3ccc(Cl)cc3)nn2C2CCS(=O)(=O)C2)cc1C. The first-order chi connectivity index (χ1) is 14.2. The van der Waals surface area contributed by atoms with Crippen molar-refractivity contribution in [3.63, 3.8) is 0 Å². The number of anilines is 1. The summed E-state index contributed by atoms with van der Waals surface area (Å²) in [5.74, 6) is -0.192. The molecule has 1 aromatic heterocycles. The van der Waals surface area contributed by atoms with Crippen LogP contribution in [0.2, 0.25) is 5.02 Å². The largest absolute Gasteiger partial charge is 0.321 e. The number of rotatable bonds is 4. The summed E-state index contributed by atoms with van der Waals surface area (Å²) in [5.41, 5.74) is 4.76. The van der Waals surface area contributed by atoms with Crippen molar-refractivity contribution < 1.29 is 13.2 Å². The van der Waals surface area contributed by atoms with E-state index in [0.29, 0.717) is 17.1 Å². The third kappa shape index (κ3) is 4.27. The van der Waals surface area contributed by atoms with Crippen molar-refractivity contribution in [3.05, 3.63) is 70.4 Å². The third-order valence-corrected chi connectivity index (χ3v) is 7.43. The van der Waals surface area contributed by atoms with Crippen molar-refractivity contribution in [2.75, 3.05) is 16.8 Å². The topological polar surface area (TPSA) is 81.1 Å². The van der Waals surface area contributed by atoms with Gasteiger partial charge in [-0.2, -0.15) is 5.10 Å². The second kappa shape index (κ2) is 7.89. The number of sulfone groups is 1. The van der Waals surface area contributed by atoms with Crippen molar-refractivity contribution in [2.24, 2.45) is 0 Å². The highest BCUT2D eigenvalue weighted by Crippen LogP contribution is 2.31. The minimum absolute atomic E-state index is 0.0325. The van der Waals surface area contributed by atoms with Crippen molar-refractivity contribution in [3.8, 4) is 11.3 Å². The number of aryl methyl sites for hydroxylation is 2. The fraction of sp³-hybridized carbons (Fsp3) is 0.273. The van der Waals surface area contributed by atoms with Crippen LogP contribution >= 0.6 is 11.6 Å². The van der Waals surface area contributed by atoms with Gasteiger partial charge in [-0.15, -0.1) is 0 Å². The van der Waals surface area contributed by atoms with Gasteiger partial charge in [0, 0.05) is 16.3 Å². The number of hydrogen-bond donors (Lipinski definition) is 1. The number of carbonyl (C=O) groups excluding carboxylic acids is 1. The van der Waals surface area contributed by atoms with Gasteiger partial charge < -0.3 is 5.32 Å². The van der Waals surface area contributed by atoms with Crippen LogP contribution in [0, 0.1) is 13.8 Å². The normalized spacial score (nSPS) is 17.8. The van der Waals surface area contributed by atoms with Crippen LogP contribution in [0.3, 0.4) is 0 Å². The molecule has 0 saturated carbocycles. The average molecular weight is 444 g/mol. The van der Waals surface area contributed by atoms with Crippen molar-refractivity contribution in [2.45, 2.75) is 26.3 Å². The molecule has 1 aliphatic heterocycles. The standard InChI is InChI=1S/C22H22ClN3O3S/c1-14-3-4-16(11-15(14)2)21-12-20(22(27)24-18-7-5-17(23)6-8-18)25-26(21)19-9-10-30(28,29)13-19/h3-8,11-12,19H,9-10,13H2,1-2H3,(H,24,27). The Morgan fingerprint density at radius 2 is 1.83 bits per heavy atom. The smallest absolute Gasteiger partial charge is 0.276 e. The second-order valence-electron chi connectivity index (χ2n) is 7.68. The Labute approximate surface area is 180 Å². The van der Waals surface area contributed by atoms with Crippen LogP contribution < -0.4 is 5.32 Å². The molecule has 0 bridgehead atoms. The molecule has 8 heteroatoms. The zero-order valence-corrected chi connectivity index (χ0v) is 18.3. The summed E-state index contributed by atoms with van der Waals surface area (Å²) in [6.45, 7) is 4.05. The number of nitrogens with one attached hydrogen (secondary N) is 1. The molecule has 0 spiro atoms. The monoisotopic (exact) mass is 443 g/mol. The summed E-state index contributed by atoms with van der Waals surface area (Å²) < 4.78 is 25.8. The van der Waals surface area contributed by atoms with Gasteiger partial charge in [-0.3, -0.25) is 9.48 Å². The summed E-state index contributed by atoms with van der Waals surface area (Å²) in [5, 5.41) is 7.91. The minimum atomic E-state index is -3.09. The van der Waals surface area contributed by atoms with Gasteiger partial charge in [0.2, 0.25) is 0 Å². The number of halogens is 1. The van der Waals surface area contributed by atoms with Gasteiger partial charge in [0.25, 0.3) is 5.91 Å². The van der Waals surface area contributed by atoms with E-state index in [1.807, 2.05) is 32.0 Å². The van der Waals surface area contributed by atoms with E-state index in [9.17, 15) is 13.2 Å². The molecule has 4 rings (SSSR count). The lowest BCUT2D eigenvalue weighted by atomic mass is 10.0. The van der Waals surface area contributed by atoms with E-state index >= 15 is 0 Å². The number of nitrogens with zero attached hydrogens (tertiary/aromatic N) is 2. The quantitative estimate of drug-likeness (QED) is 0.646. The van der Waals surface area contributed by atoms with E-state index in [1.165, 1.54) is 0 Å². The number of hydrogen-bond acceptors (Lipinski definition) is 4. The molecule has 156 valence electrons. The number of benzene rings is 2. The van der Waals surface area contributed by atoms with Gasteiger partial charge in [0.1, 0.15) is 0 Å². The van der Waals surface area contributed by atoms with Gasteiger partial charge in [-0.1, -0.05) is 23.7 Å². The van der Waals surface area contributed by atoms with Crippen LogP contribution in [0.4, 0.5) is 5.69 Å². The van der Waals surface area contributed by atoms with Crippen molar-refractivity contribution in [1.29, 1.82) is 0 Å². The van der Waals surface area contributed by atoms with Gasteiger partial charge >= 0.3 is 0 Å². The Morgan fingerprint density at radius 1 is 1.10 bits per heavy atom. The average Bonchev–Trinajstić information content (AvgIpc) is 3.29. The summed E-state index contributed by atoms with van der Waals surface area (Å²) >= 11 is 5.90. The van der Waals surface area contributed by atoms with Crippen molar-refractivity contribution >= 4 is 33.0 Å². The summed E-state index contributed by atoms with van der Waals surface area (Å²) in [4.78, 5) is 12.8. The fourth-order valence-electron chi connectivity index (χ4n) is 3.60. The maximum Gasteiger partial charge on any atom is 0.276 e. The molecule has 2 heterocycles. The molecule has 30 heavy (non-hydrogen) atoms. The number of amides is 1. The van der Waals surface area contributed by atoms with Crippen LogP contribution in [-0.4, -0.2) is 35.6 Å². The summed E-state index contributed by atoms with van der Waals surface area (Å²) in [6.07, 6.45) is 0.486. The molecule has 1 fully saturated rings. The molecule has 1 N–H and O–H groups in total. The Bertz CT molecular complexity index is 1220. The van der Waals surface area contributed by atoms with E-state index in [4.69, 9.17) is 11.6 Å². The number of aromatic nitrogens is 2. The first-order valence-electron chi connectivity index (χ1n) is 9.66. The van der Waals surface area contributed by atoms with E-state index in [0.717, 1.165) is 22.4 Å². The molecule has 1 unspecified atom stereocenters. The molecule has 3 aromatic rings. The zero-order chi connectivity index (χ0) is 21.5. The van der Waals surface area contributed by atoms with Crippen LogP contribution in [0.15, 0.2) is 48.5 Å². The molecule has 0 aliphatic carbocycles. The van der Waals surface area contributed by atoms with E-state index in [1.54, 1.807) is 35.0 Å². The first-order valence-corrected chi connectivity index (χ1v) is 11.9. The molecular weight excluding hydrogens is 422 g/mol. The number of carbonyl (C=O) groups is 1. The molecule has 0 radical (unpaired) electrons. The van der Waals surface area contributed by atoms with Gasteiger partial charge in [-0.05, 0) is 67.8 Å². The second-order valence-corrected chi connectivity index (χ2v) is 10.3. The highest BCUT2D eigenvalue weighted by atomic mass is 35.5. The lowest BCUT2D eigenvalue weighted by Crippen LogP contribution is -2.16. The van der Waals surface area contributed by atoms with Crippen LogP contribution in [-0.2, 0) is 9.84 Å². The molecule has 1 saturated heterocycles. The predicted molar refractivity (Wildman–Crippen MR) is 119 cm³/mol. The van der Waals surface area contributed by atoms with Gasteiger partial charge in [0.05, 0.1) is 23.2 Å². The third-order valence-electron chi connectivity index (χ3n) is 5.43. The Morgan fingerprint density at radius 3 is 2.47 bits per heavy atom. The summed E-state index contributed by atoms with van der Waals surface area (Å²) in [6, 6.07) is 14.3. The van der Waals surface area contributed by atoms with E-state index in [-0.39, 0.29) is 29.1 Å². The van der Waals surface area contributed by atoms with Crippen molar-refractivity contribution in [1.82, 2.24) is 9.78 Å². The molecule has 6 nitrogen and oxygen atoms in total. The van der Waals surface area contributed by atoms with Gasteiger partial charge in [-0.25, -0.2) is 8.42 Å². The molecule has 1 amide bonds. The maximum atomic E-state index is 12.8. The Balaban J connectivity index is 1.72. The van der Waals surface area contributed by atoms with Crippen LogP contribution in [0.5, 0.6) is 0 Å². The maximum absolute atomic E-state index is 12.8.